The molecule has 0 spiro atoms. The van der Waals surface area contributed by atoms with Crippen LogP contribution < -0.4 is 5.32 Å². The average Bonchev–Trinajstić information content (AvgIpc) is 2.17. The van der Waals surface area contributed by atoms with Crippen molar-refractivity contribution >= 4 is 7.12 Å². The Labute approximate surface area is 86.7 Å². The smallest absolute Gasteiger partial charge is 0.403 e. The van der Waals surface area contributed by atoms with E-state index in [1.165, 1.54) is 0 Å². The lowest BCUT2D eigenvalue weighted by molar-refractivity contribution is 0.00578. The summed E-state index contributed by atoms with van der Waals surface area (Å²) in [5, 5.41) is 3.43. The monoisotopic (exact) mass is 197 g/mol. The molecule has 2 aliphatic heterocycles. The summed E-state index contributed by atoms with van der Waals surface area (Å²) in [6.07, 6.45) is 0. The van der Waals surface area contributed by atoms with Crippen molar-refractivity contribution in [2.75, 3.05) is 13.1 Å². The van der Waals surface area contributed by atoms with Crippen molar-refractivity contribution in [1.82, 2.24) is 5.32 Å². The summed E-state index contributed by atoms with van der Waals surface area (Å²) in [7, 11) is -0.0613. The molecule has 0 bridgehead atoms. The molecule has 3 nitrogen and oxygen atoms in total. The van der Waals surface area contributed by atoms with E-state index in [0.29, 0.717) is 0 Å². The maximum absolute atomic E-state index is 6.01. The molecule has 2 saturated heterocycles. The number of hydrogen-bond acceptors (Lipinski definition) is 3. The van der Waals surface area contributed by atoms with E-state index in [1.807, 2.05) is 0 Å². The highest BCUT2D eigenvalue weighted by Gasteiger charge is 2.59. The Morgan fingerprint density at radius 3 is 1.64 bits per heavy atom. The Hall–Kier alpha value is -0.0551. The molecule has 0 radical (unpaired) electrons. The van der Waals surface area contributed by atoms with E-state index in [4.69, 9.17) is 9.31 Å². The fourth-order valence-electron chi connectivity index (χ4n) is 1.81. The average molecular weight is 197 g/mol. The third-order valence-electron chi connectivity index (χ3n) is 3.88. The van der Waals surface area contributed by atoms with Gasteiger partial charge in [0.2, 0.25) is 0 Å². The lowest BCUT2D eigenvalue weighted by Gasteiger charge is -2.40. The largest absolute Gasteiger partial charge is 0.466 e. The van der Waals surface area contributed by atoms with Gasteiger partial charge in [0.05, 0.1) is 11.2 Å². The zero-order valence-corrected chi connectivity index (χ0v) is 9.81. The van der Waals surface area contributed by atoms with Crippen LogP contribution >= 0.6 is 0 Å². The van der Waals surface area contributed by atoms with Crippen molar-refractivity contribution in [3.63, 3.8) is 0 Å². The van der Waals surface area contributed by atoms with Crippen LogP contribution in [-0.4, -0.2) is 31.4 Å². The molecule has 80 valence electrons. The Bertz CT molecular complexity index is 233. The fourth-order valence-corrected chi connectivity index (χ4v) is 1.81. The van der Waals surface area contributed by atoms with Gasteiger partial charge in [0, 0.05) is 18.4 Å². The van der Waals surface area contributed by atoms with Gasteiger partial charge in [-0.15, -0.1) is 0 Å². The van der Waals surface area contributed by atoms with Gasteiger partial charge in [-0.25, -0.2) is 0 Å². The molecule has 0 aromatic rings. The molecule has 1 N–H and O–H groups in total. The summed E-state index contributed by atoms with van der Waals surface area (Å²) in [4.78, 5) is 0. The highest BCUT2D eigenvalue weighted by atomic mass is 16.7. The van der Waals surface area contributed by atoms with E-state index in [9.17, 15) is 0 Å². The second kappa shape index (κ2) is 2.74. The van der Waals surface area contributed by atoms with Crippen molar-refractivity contribution < 1.29 is 9.31 Å². The molecular weight excluding hydrogens is 177 g/mol. The quantitative estimate of drug-likeness (QED) is 0.645. The highest BCUT2D eigenvalue weighted by Crippen LogP contribution is 2.46. The third kappa shape index (κ3) is 1.32. The molecule has 0 atom stereocenters. The summed E-state index contributed by atoms with van der Waals surface area (Å²) in [6.45, 7) is 12.6. The van der Waals surface area contributed by atoms with Crippen molar-refractivity contribution in [1.29, 1.82) is 0 Å². The highest BCUT2D eigenvalue weighted by molar-refractivity contribution is 6.50. The standard InChI is InChI=1S/C10H20BNO2/c1-8(2)9(3,4)14-11(13-8)10(5)6-12-7-10/h12H,6-7H2,1-5H3. The molecule has 4 heteroatoms. The van der Waals surface area contributed by atoms with Gasteiger partial charge in [-0.1, -0.05) is 6.92 Å². The molecule has 0 unspecified atom stereocenters. The Morgan fingerprint density at radius 2 is 1.36 bits per heavy atom. The van der Waals surface area contributed by atoms with Crippen LogP contribution in [-0.2, 0) is 9.31 Å². The summed E-state index contributed by atoms with van der Waals surface area (Å²) >= 11 is 0. The van der Waals surface area contributed by atoms with Crippen molar-refractivity contribution in [3.8, 4) is 0 Å². The second-order valence-corrected chi connectivity index (χ2v) is 5.85. The van der Waals surface area contributed by atoms with Crippen molar-refractivity contribution in [3.05, 3.63) is 0 Å². The van der Waals surface area contributed by atoms with Crippen molar-refractivity contribution in [2.24, 2.45) is 0 Å². The van der Waals surface area contributed by atoms with Crippen LogP contribution in [0.1, 0.15) is 34.6 Å². The van der Waals surface area contributed by atoms with Gasteiger partial charge >= 0.3 is 7.12 Å². The predicted octanol–water partition coefficient (Wildman–Crippen LogP) is 1.44. The SMILES string of the molecule is CC1(B2OC(C)(C)C(C)(C)O2)CNC1. The summed E-state index contributed by atoms with van der Waals surface area (Å²) < 4.78 is 12.0. The van der Waals surface area contributed by atoms with Gasteiger partial charge in [0.25, 0.3) is 0 Å². The maximum atomic E-state index is 6.01. The number of hydrogen-bond donors (Lipinski definition) is 1. The molecule has 0 aliphatic carbocycles. The third-order valence-corrected chi connectivity index (χ3v) is 3.88. The zero-order valence-electron chi connectivity index (χ0n) is 9.81. The van der Waals surface area contributed by atoms with Crippen LogP contribution in [0.15, 0.2) is 0 Å². The lowest BCUT2D eigenvalue weighted by atomic mass is 9.55. The Balaban J connectivity index is 2.13. The van der Waals surface area contributed by atoms with Gasteiger partial charge in [0.15, 0.2) is 0 Å². The molecular formula is C10H20BNO2. The number of nitrogens with one attached hydrogen (secondary N) is 1. The minimum atomic E-state index is -0.198. The van der Waals surface area contributed by atoms with E-state index in [1.54, 1.807) is 0 Å². The first-order chi connectivity index (χ1) is 6.27. The van der Waals surface area contributed by atoms with E-state index < -0.39 is 0 Å². The minimum absolute atomic E-state index is 0.0613. The molecule has 2 aliphatic rings. The van der Waals surface area contributed by atoms with Gasteiger partial charge in [-0.3, -0.25) is 0 Å². The van der Waals surface area contributed by atoms with E-state index >= 15 is 0 Å². The van der Waals surface area contributed by atoms with Gasteiger partial charge in [-0.2, -0.15) is 0 Å². The zero-order chi connectivity index (χ0) is 10.6. The van der Waals surface area contributed by atoms with Crippen LogP contribution in [0.2, 0.25) is 5.31 Å². The molecule has 0 saturated carbocycles. The summed E-state index contributed by atoms with van der Waals surface area (Å²) in [5.74, 6) is 0. The van der Waals surface area contributed by atoms with Gasteiger partial charge in [-0.05, 0) is 27.7 Å². The van der Waals surface area contributed by atoms with E-state index in [2.05, 4.69) is 39.9 Å². The molecule has 0 aromatic heterocycles. The number of rotatable bonds is 1. The summed E-state index contributed by atoms with van der Waals surface area (Å²) in [5.41, 5.74) is -0.396. The van der Waals surface area contributed by atoms with E-state index in [-0.39, 0.29) is 23.6 Å². The first kappa shape index (κ1) is 10.5. The lowest BCUT2D eigenvalue weighted by Crippen LogP contribution is -2.55. The van der Waals surface area contributed by atoms with E-state index in [0.717, 1.165) is 13.1 Å². The Kier molecular flexibility index (Phi) is 2.05. The molecule has 0 amide bonds. The first-order valence-electron chi connectivity index (χ1n) is 5.33. The Morgan fingerprint density at radius 1 is 0.929 bits per heavy atom. The van der Waals surface area contributed by atoms with Crippen LogP contribution in [0.3, 0.4) is 0 Å². The van der Waals surface area contributed by atoms with Crippen LogP contribution in [0, 0.1) is 0 Å². The van der Waals surface area contributed by atoms with Crippen LogP contribution in [0.4, 0.5) is 0 Å². The van der Waals surface area contributed by atoms with Crippen LogP contribution in [0.25, 0.3) is 0 Å². The molecule has 14 heavy (non-hydrogen) atoms. The molecule has 2 heterocycles. The van der Waals surface area contributed by atoms with Crippen molar-refractivity contribution in [2.45, 2.75) is 51.1 Å². The molecule has 2 rings (SSSR count). The molecule has 0 aromatic carbocycles. The normalized spacial score (nSPS) is 32.8. The predicted molar refractivity (Wildman–Crippen MR) is 57.3 cm³/mol. The summed E-state index contributed by atoms with van der Waals surface area (Å²) in [6, 6.07) is 0. The fraction of sp³-hybridized carbons (Fsp3) is 1.00. The topological polar surface area (TPSA) is 30.5 Å². The maximum Gasteiger partial charge on any atom is 0.466 e. The minimum Gasteiger partial charge on any atom is -0.403 e. The van der Waals surface area contributed by atoms with Gasteiger partial charge in [0.1, 0.15) is 0 Å². The molecule has 2 fully saturated rings. The van der Waals surface area contributed by atoms with Gasteiger partial charge < -0.3 is 14.6 Å². The second-order valence-electron chi connectivity index (χ2n) is 5.85. The first-order valence-corrected chi connectivity index (χ1v) is 5.33. The van der Waals surface area contributed by atoms with Crippen LogP contribution in [0.5, 0.6) is 0 Å².